The number of benzene rings is 2. The van der Waals surface area contributed by atoms with Crippen LogP contribution in [0.3, 0.4) is 0 Å². The van der Waals surface area contributed by atoms with E-state index >= 15 is 0 Å². The molecule has 0 saturated carbocycles. The van der Waals surface area contributed by atoms with Gasteiger partial charge < -0.3 is 14.7 Å². The number of hydrogen-bond acceptors (Lipinski definition) is 5. The van der Waals surface area contributed by atoms with Crippen LogP contribution in [0.15, 0.2) is 47.6 Å². The number of carbonyl (C=O) groups is 1. The molecule has 0 unspecified atom stereocenters. The number of hydrogen-bond donors (Lipinski definition) is 2. The Kier molecular flexibility index (Phi) is 5.14. The summed E-state index contributed by atoms with van der Waals surface area (Å²) in [5.74, 6) is 0.0912. The summed E-state index contributed by atoms with van der Waals surface area (Å²) in [5.41, 5.74) is 6.61. The minimum absolute atomic E-state index is 0.0898. The first-order chi connectivity index (χ1) is 13.2. The number of ether oxygens (including phenoxy) is 1. The Bertz CT molecular complexity index is 977. The number of nitrogens with zero attached hydrogens (tertiary/aromatic N) is 2. The van der Waals surface area contributed by atoms with E-state index in [4.69, 9.17) is 4.74 Å². The number of para-hydroxylation sites is 1. The van der Waals surface area contributed by atoms with Crippen molar-refractivity contribution in [2.45, 2.75) is 26.3 Å². The molecule has 1 heterocycles. The Balaban J connectivity index is 1.89. The third-order valence-electron chi connectivity index (χ3n) is 5.09. The number of nitrogens with one attached hydrogen (secondary N) is 1. The van der Waals surface area contributed by atoms with Crippen LogP contribution in [0.1, 0.15) is 42.3 Å². The van der Waals surface area contributed by atoms with Gasteiger partial charge in [-0.3, -0.25) is 4.79 Å². The number of carbonyl (C=O) groups excluding carboxylic acids is 1. The largest absolute Gasteiger partial charge is 0.507 e. The zero-order chi connectivity index (χ0) is 20.5. The Hall–Kier alpha value is -3.28. The van der Waals surface area contributed by atoms with Crippen molar-refractivity contribution in [3.63, 3.8) is 0 Å². The SMILES string of the molecule is COc1cc2c(cc1/C=N/NC(=O)c1ccccc1O)C(C)=CC(C)(C)N2C. The maximum absolute atomic E-state index is 12.2. The molecule has 1 amide bonds. The van der Waals surface area contributed by atoms with Crippen molar-refractivity contribution in [2.24, 2.45) is 5.10 Å². The maximum atomic E-state index is 12.2. The van der Waals surface area contributed by atoms with Crippen LogP contribution in [0.5, 0.6) is 11.5 Å². The number of amides is 1. The van der Waals surface area contributed by atoms with Gasteiger partial charge in [-0.25, -0.2) is 5.43 Å². The summed E-state index contributed by atoms with van der Waals surface area (Å²) in [5, 5.41) is 13.8. The third-order valence-corrected chi connectivity index (χ3v) is 5.09. The van der Waals surface area contributed by atoms with E-state index < -0.39 is 5.91 Å². The number of fused-ring (bicyclic) bond motifs is 1. The molecule has 1 aliphatic rings. The predicted molar refractivity (Wildman–Crippen MR) is 112 cm³/mol. The lowest BCUT2D eigenvalue weighted by Crippen LogP contribution is -2.42. The first kappa shape index (κ1) is 19.5. The first-order valence-corrected chi connectivity index (χ1v) is 9.01. The van der Waals surface area contributed by atoms with Crippen LogP contribution in [0.2, 0.25) is 0 Å². The van der Waals surface area contributed by atoms with E-state index in [1.807, 2.05) is 12.1 Å². The Morgan fingerprint density at radius 1 is 1.29 bits per heavy atom. The van der Waals surface area contributed by atoms with E-state index in [1.165, 1.54) is 17.7 Å². The minimum Gasteiger partial charge on any atom is -0.507 e. The molecular weight excluding hydrogens is 354 g/mol. The van der Waals surface area contributed by atoms with E-state index in [-0.39, 0.29) is 16.9 Å². The minimum atomic E-state index is -0.483. The Morgan fingerprint density at radius 3 is 2.68 bits per heavy atom. The average Bonchev–Trinajstić information content (AvgIpc) is 2.65. The van der Waals surface area contributed by atoms with Gasteiger partial charge in [0.15, 0.2) is 0 Å². The smallest absolute Gasteiger partial charge is 0.275 e. The van der Waals surface area contributed by atoms with E-state index in [0.717, 1.165) is 16.8 Å². The number of anilines is 1. The van der Waals surface area contributed by atoms with E-state index in [1.54, 1.807) is 25.5 Å². The Morgan fingerprint density at radius 2 is 2.00 bits per heavy atom. The molecule has 1 aliphatic heterocycles. The highest BCUT2D eigenvalue weighted by Crippen LogP contribution is 2.40. The molecule has 0 bridgehead atoms. The third kappa shape index (κ3) is 3.58. The molecule has 28 heavy (non-hydrogen) atoms. The number of rotatable bonds is 4. The molecule has 2 aromatic carbocycles. The van der Waals surface area contributed by atoms with Crippen LogP contribution in [0.4, 0.5) is 5.69 Å². The lowest BCUT2D eigenvalue weighted by Gasteiger charge is -2.40. The van der Waals surface area contributed by atoms with Gasteiger partial charge >= 0.3 is 0 Å². The molecule has 3 rings (SSSR count). The standard InChI is InChI=1S/C22H25N3O3/c1-14-12-22(2,3)25(4)18-11-20(28-5)15(10-17(14)18)13-23-24-21(27)16-8-6-7-9-19(16)26/h6-13,26H,1-5H3,(H,24,27)/b23-13+. The quantitative estimate of drug-likeness (QED) is 0.626. The molecule has 2 N–H and O–H groups in total. The monoisotopic (exact) mass is 379 g/mol. The molecule has 6 nitrogen and oxygen atoms in total. The predicted octanol–water partition coefficient (Wildman–Crippen LogP) is 3.80. The van der Waals surface area contributed by atoms with E-state index in [2.05, 4.69) is 49.3 Å². The molecule has 0 atom stereocenters. The number of aromatic hydroxyl groups is 1. The fourth-order valence-corrected chi connectivity index (χ4v) is 3.36. The second kappa shape index (κ2) is 7.38. The fourth-order valence-electron chi connectivity index (χ4n) is 3.36. The number of hydrazone groups is 1. The number of methoxy groups -OCH3 is 1. The molecule has 6 heteroatoms. The lowest BCUT2D eigenvalue weighted by atomic mass is 9.88. The highest BCUT2D eigenvalue weighted by Gasteiger charge is 2.29. The molecule has 0 aliphatic carbocycles. The van der Waals surface area contributed by atoms with Gasteiger partial charge in [0.05, 0.1) is 24.4 Å². The fraction of sp³-hybridized carbons (Fsp3) is 0.273. The average molecular weight is 379 g/mol. The van der Waals surface area contributed by atoms with Gasteiger partial charge in [-0.1, -0.05) is 18.2 Å². The highest BCUT2D eigenvalue weighted by atomic mass is 16.5. The summed E-state index contributed by atoms with van der Waals surface area (Å²) in [6, 6.07) is 10.3. The number of phenols is 1. The van der Waals surface area contributed by atoms with Crippen molar-refractivity contribution in [1.82, 2.24) is 5.43 Å². The van der Waals surface area contributed by atoms with Crippen LogP contribution >= 0.6 is 0 Å². The maximum Gasteiger partial charge on any atom is 0.275 e. The second-order valence-corrected chi connectivity index (χ2v) is 7.37. The molecule has 0 aromatic heterocycles. The van der Waals surface area contributed by atoms with Crippen molar-refractivity contribution in [2.75, 3.05) is 19.1 Å². The summed E-state index contributed by atoms with van der Waals surface area (Å²) < 4.78 is 5.53. The van der Waals surface area contributed by atoms with Gasteiger partial charge in [0.25, 0.3) is 5.91 Å². The number of likely N-dealkylation sites (N-methyl/N-ethyl adjacent to an activating group) is 1. The summed E-state index contributed by atoms with van der Waals surface area (Å²) in [4.78, 5) is 14.4. The van der Waals surface area contributed by atoms with Crippen LogP contribution in [-0.2, 0) is 0 Å². The molecule has 0 saturated heterocycles. The molecule has 0 radical (unpaired) electrons. The zero-order valence-corrected chi connectivity index (χ0v) is 16.8. The molecule has 146 valence electrons. The number of phenolic OH excluding ortho intramolecular Hbond substituents is 1. The van der Waals surface area contributed by atoms with Gasteiger partial charge in [-0.2, -0.15) is 5.10 Å². The highest BCUT2D eigenvalue weighted by molar-refractivity contribution is 5.97. The van der Waals surface area contributed by atoms with Crippen LogP contribution in [-0.4, -0.2) is 36.9 Å². The van der Waals surface area contributed by atoms with Crippen molar-refractivity contribution in [3.05, 3.63) is 59.2 Å². The van der Waals surface area contributed by atoms with Crippen molar-refractivity contribution in [3.8, 4) is 11.5 Å². The second-order valence-electron chi connectivity index (χ2n) is 7.37. The van der Waals surface area contributed by atoms with Crippen molar-refractivity contribution >= 4 is 23.4 Å². The van der Waals surface area contributed by atoms with Gasteiger partial charge in [-0.15, -0.1) is 0 Å². The van der Waals surface area contributed by atoms with Crippen LogP contribution in [0.25, 0.3) is 5.57 Å². The molecule has 0 fully saturated rings. The van der Waals surface area contributed by atoms with Crippen LogP contribution in [0, 0.1) is 0 Å². The Labute approximate surface area is 165 Å². The molecular formula is C22H25N3O3. The van der Waals surface area contributed by atoms with Crippen molar-refractivity contribution in [1.29, 1.82) is 0 Å². The topological polar surface area (TPSA) is 74.2 Å². The van der Waals surface area contributed by atoms with Gasteiger partial charge in [0.2, 0.25) is 0 Å². The normalized spacial score (nSPS) is 15.2. The summed E-state index contributed by atoms with van der Waals surface area (Å²) >= 11 is 0. The summed E-state index contributed by atoms with van der Waals surface area (Å²) in [6.45, 7) is 6.41. The summed E-state index contributed by atoms with van der Waals surface area (Å²) in [7, 11) is 3.66. The van der Waals surface area contributed by atoms with E-state index in [0.29, 0.717) is 5.75 Å². The van der Waals surface area contributed by atoms with Crippen molar-refractivity contribution < 1.29 is 14.6 Å². The molecule has 0 spiro atoms. The van der Waals surface area contributed by atoms with Gasteiger partial charge in [0.1, 0.15) is 11.5 Å². The summed E-state index contributed by atoms with van der Waals surface area (Å²) in [6.07, 6.45) is 3.77. The lowest BCUT2D eigenvalue weighted by molar-refractivity contribution is 0.0952. The molecule has 2 aromatic rings. The van der Waals surface area contributed by atoms with Gasteiger partial charge in [0, 0.05) is 29.9 Å². The first-order valence-electron chi connectivity index (χ1n) is 9.01. The van der Waals surface area contributed by atoms with E-state index in [9.17, 15) is 9.90 Å². The van der Waals surface area contributed by atoms with Gasteiger partial charge in [-0.05, 0) is 44.5 Å². The zero-order valence-electron chi connectivity index (χ0n) is 16.8. The van der Waals surface area contributed by atoms with Crippen LogP contribution < -0.4 is 15.1 Å². The number of allylic oxidation sites excluding steroid dienone is 1.